The SMILES string of the molecule is CCOC(=O)c1cnn(-c2nc(OC)c3c(cnn3[C@@H](C)c3cc(Cl)cc(C(F)(F)F)c3)n2)c1.S. The van der Waals surface area contributed by atoms with Crippen LogP contribution in [0.3, 0.4) is 0 Å². The zero-order valence-electron chi connectivity index (χ0n) is 18.7. The number of hydrogen-bond donors (Lipinski definition) is 0. The molecule has 4 rings (SSSR count). The molecule has 0 bridgehead atoms. The van der Waals surface area contributed by atoms with Crippen LogP contribution >= 0.6 is 25.1 Å². The summed E-state index contributed by atoms with van der Waals surface area (Å²) in [7, 11) is 1.39. The first-order chi connectivity index (χ1) is 16.1. The highest BCUT2D eigenvalue weighted by molar-refractivity contribution is 7.59. The number of alkyl halides is 3. The van der Waals surface area contributed by atoms with Crippen LogP contribution < -0.4 is 4.74 Å². The van der Waals surface area contributed by atoms with E-state index in [0.29, 0.717) is 16.6 Å². The number of ether oxygens (including phenoxy) is 2. The van der Waals surface area contributed by atoms with E-state index in [2.05, 4.69) is 20.2 Å². The lowest BCUT2D eigenvalue weighted by Crippen LogP contribution is -2.12. The van der Waals surface area contributed by atoms with Gasteiger partial charge < -0.3 is 9.47 Å². The van der Waals surface area contributed by atoms with Crippen molar-refractivity contribution in [3.05, 3.63) is 58.5 Å². The minimum Gasteiger partial charge on any atom is -0.479 e. The van der Waals surface area contributed by atoms with Crippen molar-refractivity contribution in [2.45, 2.75) is 26.1 Å². The van der Waals surface area contributed by atoms with Crippen LogP contribution in [0, 0.1) is 0 Å². The summed E-state index contributed by atoms with van der Waals surface area (Å²) in [5, 5.41) is 8.34. The molecule has 1 aromatic carbocycles. The van der Waals surface area contributed by atoms with Gasteiger partial charge in [0.05, 0.1) is 43.3 Å². The van der Waals surface area contributed by atoms with E-state index in [0.717, 1.165) is 12.1 Å². The molecule has 0 spiro atoms. The number of esters is 1. The van der Waals surface area contributed by atoms with E-state index in [1.54, 1.807) is 13.8 Å². The molecular formula is C21H20ClF3N6O3S. The molecule has 35 heavy (non-hydrogen) atoms. The van der Waals surface area contributed by atoms with Crippen molar-refractivity contribution in [1.29, 1.82) is 0 Å². The highest BCUT2D eigenvalue weighted by Crippen LogP contribution is 2.35. The fraction of sp³-hybridized carbons (Fsp3) is 0.286. The number of hydrogen-bond acceptors (Lipinski definition) is 7. The number of nitrogens with zero attached hydrogens (tertiary/aromatic N) is 6. The molecule has 14 heteroatoms. The monoisotopic (exact) mass is 528 g/mol. The van der Waals surface area contributed by atoms with Crippen LogP contribution in [0.1, 0.15) is 41.4 Å². The van der Waals surface area contributed by atoms with Crippen molar-refractivity contribution in [3.63, 3.8) is 0 Å². The third-order valence-electron chi connectivity index (χ3n) is 4.99. The predicted molar refractivity (Wildman–Crippen MR) is 126 cm³/mol. The molecule has 0 amide bonds. The number of methoxy groups -OCH3 is 1. The van der Waals surface area contributed by atoms with Crippen molar-refractivity contribution in [2.75, 3.05) is 13.7 Å². The van der Waals surface area contributed by atoms with Gasteiger partial charge in [0.15, 0.2) is 0 Å². The van der Waals surface area contributed by atoms with Crippen molar-refractivity contribution < 1.29 is 27.4 Å². The van der Waals surface area contributed by atoms with Crippen molar-refractivity contribution in [2.24, 2.45) is 0 Å². The van der Waals surface area contributed by atoms with E-state index in [-0.39, 0.29) is 42.5 Å². The van der Waals surface area contributed by atoms with E-state index in [4.69, 9.17) is 21.1 Å². The topological polar surface area (TPSA) is 97.0 Å². The van der Waals surface area contributed by atoms with E-state index in [9.17, 15) is 18.0 Å². The van der Waals surface area contributed by atoms with Gasteiger partial charge in [-0.3, -0.25) is 4.68 Å². The Kier molecular flexibility index (Phi) is 7.60. The average Bonchev–Trinajstić information content (AvgIpc) is 3.45. The Bertz CT molecular complexity index is 1370. The van der Waals surface area contributed by atoms with Crippen LogP contribution in [-0.4, -0.2) is 49.2 Å². The molecule has 3 aromatic heterocycles. The van der Waals surface area contributed by atoms with Crippen LogP contribution in [-0.2, 0) is 10.9 Å². The Morgan fingerprint density at radius 2 is 1.91 bits per heavy atom. The van der Waals surface area contributed by atoms with Gasteiger partial charge in [0, 0.05) is 11.2 Å². The number of halogens is 4. The Labute approximate surface area is 209 Å². The van der Waals surface area contributed by atoms with Crippen molar-refractivity contribution in [3.8, 4) is 11.8 Å². The Balaban J connectivity index is 0.00000342. The highest BCUT2D eigenvalue weighted by Gasteiger charge is 2.32. The third kappa shape index (κ3) is 5.20. The van der Waals surface area contributed by atoms with Gasteiger partial charge in [-0.2, -0.15) is 41.8 Å². The largest absolute Gasteiger partial charge is 0.479 e. The number of benzene rings is 1. The van der Waals surface area contributed by atoms with Crippen LogP contribution in [0.5, 0.6) is 5.88 Å². The molecule has 3 heterocycles. The smallest absolute Gasteiger partial charge is 0.416 e. The summed E-state index contributed by atoms with van der Waals surface area (Å²) < 4.78 is 52.9. The minimum absolute atomic E-state index is 0. The van der Waals surface area contributed by atoms with Gasteiger partial charge in [-0.1, -0.05) is 11.6 Å². The molecule has 0 N–H and O–H groups in total. The quantitative estimate of drug-likeness (QED) is 0.338. The normalized spacial score (nSPS) is 12.3. The fourth-order valence-corrected chi connectivity index (χ4v) is 3.61. The Morgan fingerprint density at radius 3 is 2.57 bits per heavy atom. The molecule has 0 unspecified atom stereocenters. The number of fused-ring (bicyclic) bond motifs is 1. The lowest BCUT2D eigenvalue weighted by atomic mass is 10.0. The molecule has 0 aliphatic heterocycles. The summed E-state index contributed by atoms with van der Waals surface area (Å²) in [6.07, 6.45) is -0.380. The van der Waals surface area contributed by atoms with Crippen LogP contribution in [0.2, 0.25) is 5.02 Å². The second-order valence-corrected chi connectivity index (χ2v) is 7.63. The fourth-order valence-electron chi connectivity index (χ4n) is 3.37. The number of rotatable bonds is 6. The standard InChI is InChI=1S/C21H18ClF3N6O3.H2S/c1-4-34-19(32)13-8-26-30(10-13)20-28-16-9-27-31(17(16)18(29-20)33-3)11(2)12-5-14(21(23,24)25)7-15(22)6-12;/h5-11H,4H2,1-3H3;1H2/t11-;/m0./s1. The summed E-state index contributed by atoms with van der Waals surface area (Å²) in [5.74, 6) is -0.312. The molecule has 0 saturated heterocycles. The van der Waals surface area contributed by atoms with E-state index in [1.807, 2.05) is 0 Å². The lowest BCUT2D eigenvalue weighted by molar-refractivity contribution is -0.137. The highest BCUT2D eigenvalue weighted by atomic mass is 35.5. The van der Waals surface area contributed by atoms with E-state index >= 15 is 0 Å². The first-order valence-electron chi connectivity index (χ1n) is 10.0. The average molecular weight is 529 g/mol. The zero-order valence-corrected chi connectivity index (χ0v) is 20.4. The molecular weight excluding hydrogens is 509 g/mol. The van der Waals surface area contributed by atoms with Crippen molar-refractivity contribution >= 4 is 42.1 Å². The van der Waals surface area contributed by atoms with Gasteiger partial charge in [-0.25, -0.2) is 14.5 Å². The van der Waals surface area contributed by atoms with Gasteiger partial charge in [0.1, 0.15) is 11.0 Å². The van der Waals surface area contributed by atoms with Gasteiger partial charge >= 0.3 is 12.1 Å². The minimum atomic E-state index is -4.55. The first kappa shape index (κ1) is 26.3. The summed E-state index contributed by atoms with van der Waals surface area (Å²) in [4.78, 5) is 20.7. The predicted octanol–water partition coefficient (Wildman–Crippen LogP) is 4.59. The summed E-state index contributed by atoms with van der Waals surface area (Å²) >= 11 is 5.95. The first-order valence-corrected chi connectivity index (χ1v) is 10.4. The second-order valence-electron chi connectivity index (χ2n) is 7.20. The van der Waals surface area contributed by atoms with E-state index < -0.39 is 23.8 Å². The second kappa shape index (κ2) is 10.1. The molecule has 0 aliphatic carbocycles. The molecule has 4 aromatic rings. The van der Waals surface area contributed by atoms with Gasteiger partial charge in [0.25, 0.3) is 5.95 Å². The molecule has 0 saturated carbocycles. The Hall–Kier alpha value is -3.32. The maximum atomic E-state index is 13.3. The molecule has 0 radical (unpaired) electrons. The Morgan fingerprint density at radius 1 is 1.17 bits per heavy atom. The van der Waals surface area contributed by atoms with E-state index in [1.165, 1.54) is 41.1 Å². The van der Waals surface area contributed by atoms with Crippen LogP contribution in [0.25, 0.3) is 17.0 Å². The molecule has 0 aliphatic rings. The summed E-state index contributed by atoms with van der Waals surface area (Å²) in [6, 6.07) is 2.67. The molecule has 1 atom stereocenters. The number of carbonyl (C=O) groups is 1. The number of aromatic nitrogens is 6. The summed E-state index contributed by atoms with van der Waals surface area (Å²) in [5.41, 5.74) is 0.377. The van der Waals surface area contributed by atoms with Crippen LogP contribution in [0.4, 0.5) is 13.2 Å². The molecule has 0 fully saturated rings. The zero-order chi connectivity index (χ0) is 24.6. The van der Waals surface area contributed by atoms with Gasteiger partial charge in [-0.05, 0) is 37.6 Å². The van der Waals surface area contributed by atoms with Gasteiger partial charge in [-0.15, -0.1) is 0 Å². The lowest BCUT2D eigenvalue weighted by Gasteiger charge is -2.17. The van der Waals surface area contributed by atoms with Crippen molar-refractivity contribution in [1.82, 2.24) is 29.5 Å². The van der Waals surface area contributed by atoms with Crippen LogP contribution in [0.15, 0.2) is 36.8 Å². The third-order valence-corrected chi connectivity index (χ3v) is 5.21. The molecule has 186 valence electrons. The number of carbonyl (C=O) groups excluding carboxylic acids is 1. The summed E-state index contributed by atoms with van der Waals surface area (Å²) in [6.45, 7) is 3.58. The molecule has 9 nitrogen and oxygen atoms in total. The maximum absolute atomic E-state index is 13.3. The van der Waals surface area contributed by atoms with Gasteiger partial charge in [0.2, 0.25) is 5.88 Å². The maximum Gasteiger partial charge on any atom is 0.416 e.